The molecular weight excluding hydrogens is 307 g/mol. The zero-order valence-corrected chi connectivity index (χ0v) is 13.1. The molecule has 0 saturated carbocycles. The van der Waals surface area contributed by atoms with E-state index in [0.29, 0.717) is 22.3 Å². The molecule has 0 heterocycles. The Hall–Kier alpha value is -1.55. The van der Waals surface area contributed by atoms with Crippen LogP contribution in [0, 0.1) is 6.92 Å². The highest BCUT2D eigenvalue weighted by Gasteiger charge is 2.06. The van der Waals surface area contributed by atoms with E-state index in [4.69, 9.17) is 23.2 Å². The minimum atomic E-state index is -0.159. The van der Waals surface area contributed by atoms with Crippen LogP contribution in [0.25, 0.3) is 0 Å². The van der Waals surface area contributed by atoms with Gasteiger partial charge in [-0.2, -0.15) is 0 Å². The number of nitrogens with one attached hydrogen (secondary N) is 2. The number of anilines is 1. The molecule has 2 N–H and O–H groups in total. The number of amides is 1. The van der Waals surface area contributed by atoms with Crippen molar-refractivity contribution in [2.45, 2.75) is 13.5 Å². The first-order valence-electron chi connectivity index (χ1n) is 6.56. The number of carbonyl (C=O) groups excluding carboxylic acids is 1. The van der Waals surface area contributed by atoms with Gasteiger partial charge in [0.05, 0.1) is 17.3 Å². The Morgan fingerprint density at radius 3 is 2.67 bits per heavy atom. The van der Waals surface area contributed by atoms with Crippen molar-refractivity contribution >= 4 is 34.8 Å². The van der Waals surface area contributed by atoms with E-state index >= 15 is 0 Å². The van der Waals surface area contributed by atoms with Crippen LogP contribution in [0.2, 0.25) is 10.0 Å². The Labute approximate surface area is 134 Å². The maximum atomic E-state index is 11.9. The van der Waals surface area contributed by atoms with Crippen molar-refractivity contribution in [3.63, 3.8) is 0 Å². The first-order valence-corrected chi connectivity index (χ1v) is 7.32. The monoisotopic (exact) mass is 322 g/mol. The molecule has 0 aliphatic heterocycles. The third-order valence-electron chi connectivity index (χ3n) is 3.06. The molecular formula is C16H16Cl2N2O. The molecule has 0 aliphatic rings. The van der Waals surface area contributed by atoms with Crippen molar-refractivity contribution in [2.24, 2.45) is 0 Å². The molecule has 5 heteroatoms. The topological polar surface area (TPSA) is 41.1 Å². The summed E-state index contributed by atoms with van der Waals surface area (Å²) in [7, 11) is 0. The normalized spacial score (nSPS) is 10.4. The Balaban J connectivity index is 1.85. The molecule has 3 nitrogen and oxygen atoms in total. The van der Waals surface area contributed by atoms with Gasteiger partial charge in [0.15, 0.2) is 0 Å². The Bertz CT molecular complexity index is 644. The number of hydrogen-bond acceptors (Lipinski definition) is 2. The van der Waals surface area contributed by atoms with Crippen molar-refractivity contribution in [3.05, 3.63) is 63.6 Å². The molecule has 0 aromatic heterocycles. The summed E-state index contributed by atoms with van der Waals surface area (Å²) in [6.45, 7) is 2.89. The molecule has 1 amide bonds. The van der Waals surface area contributed by atoms with Crippen molar-refractivity contribution in [1.29, 1.82) is 0 Å². The predicted octanol–water partition coefficient (Wildman–Crippen LogP) is 4.03. The van der Waals surface area contributed by atoms with E-state index in [9.17, 15) is 4.79 Å². The number of hydrogen-bond donors (Lipinski definition) is 2. The van der Waals surface area contributed by atoms with Gasteiger partial charge in [0, 0.05) is 11.6 Å². The van der Waals surface area contributed by atoms with Crippen molar-refractivity contribution in [3.8, 4) is 0 Å². The van der Waals surface area contributed by atoms with Crippen LogP contribution in [-0.2, 0) is 11.3 Å². The van der Waals surface area contributed by atoms with Crippen molar-refractivity contribution in [1.82, 2.24) is 5.32 Å². The summed E-state index contributed by atoms with van der Waals surface area (Å²) in [5.74, 6) is -0.159. The van der Waals surface area contributed by atoms with Gasteiger partial charge in [0.2, 0.25) is 5.91 Å². The molecule has 0 bridgehead atoms. The minimum Gasteiger partial charge on any atom is -0.324 e. The fourth-order valence-electron chi connectivity index (χ4n) is 1.91. The zero-order valence-electron chi connectivity index (χ0n) is 11.6. The van der Waals surface area contributed by atoms with Crippen LogP contribution in [0.4, 0.5) is 5.69 Å². The summed E-state index contributed by atoms with van der Waals surface area (Å²) in [6.07, 6.45) is 0. The molecule has 2 aromatic rings. The maximum absolute atomic E-state index is 11.9. The van der Waals surface area contributed by atoms with Gasteiger partial charge < -0.3 is 10.6 Å². The lowest BCUT2D eigenvalue weighted by Gasteiger charge is -2.09. The first kappa shape index (κ1) is 15.8. The van der Waals surface area contributed by atoms with Gasteiger partial charge in [-0.25, -0.2) is 0 Å². The number of benzene rings is 2. The third kappa shape index (κ3) is 4.74. The van der Waals surface area contributed by atoms with Crippen LogP contribution in [-0.4, -0.2) is 12.5 Å². The van der Waals surface area contributed by atoms with Gasteiger partial charge in [0.1, 0.15) is 0 Å². The minimum absolute atomic E-state index is 0.159. The van der Waals surface area contributed by atoms with E-state index in [1.54, 1.807) is 18.2 Å². The number of carbonyl (C=O) groups is 1. The quantitative estimate of drug-likeness (QED) is 0.872. The second-order valence-corrected chi connectivity index (χ2v) is 5.55. The highest BCUT2D eigenvalue weighted by atomic mass is 35.5. The number of aryl methyl sites for hydroxylation is 1. The largest absolute Gasteiger partial charge is 0.324 e. The lowest BCUT2D eigenvalue weighted by atomic mass is 10.1. The van der Waals surface area contributed by atoms with Crippen molar-refractivity contribution in [2.75, 3.05) is 11.9 Å². The smallest absolute Gasteiger partial charge is 0.238 e. The van der Waals surface area contributed by atoms with Crippen LogP contribution in [0.5, 0.6) is 0 Å². The van der Waals surface area contributed by atoms with Crippen LogP contribution < -0.4 is 10.6 Å². The van der Waals surface area contributed by atoms with Crippen LogP contribution >= 0.6 is 23.2 Å². The molecule has 21 heavy (non-hydrogen) atoms. The summed E-state index contributed by atoms with van der Waals surface area (Å²) in [5, 5.41) is 6.84. The zero-order chi connectivity index (χ0) is 15.2. The Kier molecular flexibility index (Phi) is 5.62. The van der Waals surface area contributed by atoms with Gasteiger partial charge in [-0.05, 0) is 36.2 Å². The summed E-state index contributed by atoms with van der Waals surface area (Å²) in [4.78, 5) is 11.9. The average molecular weight is 323 g/mol. The predicted molar refractivity (Wildman–Crippen MR) is 88.0 cm³/mol. The van der Waals surface area contributed by atoms with E-state index in [1.807, 2.05) is 31.2 Å². The van der Waals surface area contributed by atoms with E-state index in [0.717, 1.165) is 0 Å². The molecule has 0 radical (unpaired) electrons. The van der Waals surface area contributed by atoms with Gasteiger partial charge in [0.25, 0.3) is 0 Å². The fraction of sp³-hybridized carbons (Fsp3) is 0.188. The molecule has 2 aromatic carbocycles. The van der Waals surface area contributed by atoms with E-state index in [2.05, 4.69) is 10.6 Å². The van der Waals surface area contributed by atoms with Crippen LogP contribution in [0.1, 0.15) is 11.1 Å². The van der Waals surface area contributed by atoms with E-state index < -0.39 is 0 Å². The van der Waals surface area contributed by atoms with E-state index in [-0.39, 0.29) is 12.5 Å². The summed E-state index contributed by atoms with van der Waals surface area (Å²) in [6, 6.07) is 13.0. The van der Waals surface area contributed by atoms with Crippen molar-refractivity contribution < 1.29 is 4.79 Å². The molecule has 0 saturated heterocycles. The molecule has 2 rings (SSSR count). The fourth-order valence-corrected chi connectivity index (χ4v) is 2.24. The van der Waals surface area contributed by atoms with E-state index in [1.165, 1.54) is 11.1 Å². The van der Waals surface area contributed by atoms with Gasteiger partial charge in [-0.3, -0.25) is 4.79 Å². The first-order chi connectivity index (χ1) is 10.1. The van der Waals surface area contributed by atoms with Crippen LogP contribution in [0.3, 0.4) is 0 Å². The molecule has 110 valence electrons. The molecule has 0 atom stereocenters. The van der Waals surface area contributed by atoms with Gasteiger partial charge in [-0.1, -0.05) is 47.5 Å². The lowest BCUT2D eigenvalue weighted by molar-refractivity contribution is -0.115. The molecule has 0 unspecified atom stereocenters. The highest BCUT2D eigenvalue weighted by molar-refractivity contribution is 6.35. The number of rotatable bonds is 5. The Morgan fingerprint density at radius 2 is 1.90 bits per heavy atom. The third-order valence-corrected chi connectivity index (χ3v) is 3.63. The maximum Gasteiger partial charge on any atom is 0.238 e. The average Bonchev–Trinajstić information content (AvgIpc) is 2.45. The second kappa shape index (κ2) is 7.46. The summed E-state index contributed by atoms with van der Waals surface area (Å²) >= 11 is 11.9. The summed E-state index contributed by atoms with van der Waals surface area (Å²) in [5.41, 5.74) is 2.89. The lowest BCUT2D eigenvalue weighted by Crippen LogP contribution is -2.28. The Morgan fingerprint density at radius 1 is 1.14 bits per heavy atom. The summed E-state index contributed by atoms with van der Waals surface area (Å²) < 4.78 is 0. The molecule has 0 fully saturated rings. The highest BCUT2D eigenvalue weighted by Crippen LogP contribution is 2.25. The molecule has 0 spiro atoms. The van der Waals surface area contributed by atoms with Gasteiger partial charge in [-0.15, -0.1) is 0 Å². The SMILES string of the molecule is Cc1ccccc1CNCC(=O)Nc1cc(Cl)ccc1Cl. The number of halogens is 2. The molecule has 0 aliphatic carbocycles. The van der Waals surface area contributed by atoms with Crippen LogP contribution in [0.15, 0.2) is 42.5 Å². The second-order valence-electron chi connectivity index (χ2n) is 4.70. The standard InChI is InChI=1S/C16H16Cl2N2O/c1-11-4-2-3-5-12(11)9-19-10-16(21)20-15-8-13(17)6-7-14(15)18/h2-8,19H,9-10H2,1H3,(H,20,21). The van der Waals surface area contributed by atoms with Gasteiger partial charge >= 0.3 is 0 Å².